The van der Waals surface area contributed by atoms with Crippen LogP contribution in [-0.4, -0.2) is 7.05 Å². The van der Waals surface area contributed by atoms with Crippen molar-refractivity contribution < 1.29 is 0 Å². The summed E-state index contributed by atoms with van der Waals surface area (Å²) in [5.74, 6) is 0. The predicted octanol–water partition coefficient (Wildman–Crippen LogP) is 8.08. The van der Waals surface area contributed by atoms with Crippen LogP contribution < -0.4 is 10.9 Å². The highest BCUT2D eigenvalue weighted by Gasteiger charge is 1.84. The summed E-state index contributed by atoms with van der Waals surface area (Å²) < 4.78 is 0. The monoisotopic (exact) mass is 432 g/mol. The van der Waals surface area contributed by atoms with Crippen molar-refractivity contribution in [2.24, 2.45) is 0 Å². The summed E-state index contributed by atoms with van der Waals surface area (Å²) in [5, 5.41) is 3.17. The van der Waals surface area contributed by atoms with E-state index in [4.69, 9.17) is 0 Å². The van der Waals surface area contributed by atoms with Gasteiger partial charge in [-0.15, -0.1) is 24.5 Å². The standard InChI is InChI=1S/3C7H8.C5H8N2S.C2H4/c3*1-7-5-3-2-4-6-7;1-6-7-5-3-2-4-8-5;1-2/h3*2-6H,1H3;2-4,6-7H,1H3;1-2H2. The van der Waals surface area contributed by atoms with Crippen LogP contribution in [0.2, 0.25) is 0 Å². The molecule has 0 bridgehead atoms. The van der Waals surface area contributed by atoms with Gasteiger partial charge in [0.2, 0.25) is 0 Å². The minimum atomic E-state index is 1.15. The molecule has 31 heavy (non-hydrogen) atoms. The first-order valence-corrected chi connectivity index (χ1v) is 11.0. The number of benzene rings is 3. The molecule has 4 rings (SSSR count). The van der Waals surface area contributed by atoms with Gasteiger partial charge in [-0.3, -0.25) is 0 Å². The molecule has 0 atom stereocenters. The van der Waals surface area contributed by atoms with Gasteiger partial charge in [0.1, 0.15) is 5.00 Å². The van der Waals surface area contributed by atoms with Crippen LogP contribution in [0.3, 0.4) is 0 Å². The highest BCUT2D eigenvalue weighted by atomic mass is 32.1. The Hall–Kier alpha value is -3.14. The van der Waals surface area contributed by atoms with E-state index in [1.165, 1.54) is 16.7 Å². The van der Waals surface area contributed by atoms with Gasteiger partial charge in [-0.05, 0) is 38.3 Å². The van der Waals surface area contributed by atoms with Crippen molar-refractivity contribution in [2.75, 3.05) is 12.5 Å². The molecule has 0 unspecified atom stereocenters. The van der Waals surface area contributed by atoms with Crippen molar-refractivity contribution in [1.29, 1.82) is 0 Å². The van der Waals surface area contributed by atoms with Crippen LogP contribution in [0.4, 0.5) is 5.00 Å². The van der Waals surface area contributed by atoms with Crippen molar-refractivity contribution in [3.8, 4) is 0 Å². The van der Waals surface area contributed by atoms with Crippen molar-refractivity contribution in [3.63, 3.8) is 0 Å². The first-order chi connectivity index (χ1) is 15.1. The van der Waals surface area contributed by atoms with E-state index in [1.54, 1.807) is 11.3 Å². The fourth-order valence-corrected chi connectivity index (χ4v) is 2.70. The molecular formula is C28H36N2S. The maximum Gasteiger partial charge on any atom is 0.102 e. The number of nitrogens with one attached hydrogen (secondary N) is 2. The van der Waals surface area contributed by atoms with Crippen molar-refractivity contribution in [3.05, 3.63) is 138 Å². The Morgan fingerprint density at radius 3 is 1.10 bits per heavy atom. The minimum absolute atomic E-state index is 1.15. The van der Waals surface area contributed by atoms with Crippen LogP contribution >= 0.6 is 11.3 Å². The molecule has 0 fully saturated rings. The lowest BCUT2D eigenvalue weighted by molar-refractivity contribution is 0.992. The summed E-state index contributed by atoms with van der Waals surface area (Å²) in [6.07, 6.45) is 0. The second kappa shape index (κ2) is 20.1. The largest absolute Gasteiger partial charge is 0.313 e. The van der Waals surface area contributed by atoms with Crippen LogP contribution in [0.1, 0.15) is 16.7 Å². The lowest BCUT2D eigenvalue weighted by Gasteiger charge is -1.95. The molecule has 1 aromatic heterocycles. The summed E-state index contributed by atoms with van der Waals surface area (Å²) >= 11 is 1.67. The average molecular weight is 433 g/mol. The Balaban J connectivity index is 0.000000377. The Kier molecular flexibility index (Phi) is 18.1. The molecular weight excluding hydrogens is 396 g/mol. The zero-order valence-corrected chi connectivity index (χ0v) is 20.0. The van der Waals surface area contributed by atoms with Crippen LogP contribution in [-0.2, 0) is 0 Å². The molecule has 3 aromatic carbocycles. The van der Waals surface area contributed by atoms with E-state index in [0.29, 0.717) is 0 Å². The fourth-order valence-electron chi connectivity index (χ4n) is 2.08. The van der Waals surface area contributed by atoms with Gasteiger partial charge in [0.15, 0.2) is 0 Å². The number of thiophene rings is 1. The number of rotatable bonds is 2. The van der Waals surface area contributed by atoms with Crippen LogP contribution in [0.25, 0.3) is 0 Å². The summed E-state index contributed by atoms with van der Waals surface area (Å²) in [5.41, 5.74) is 9.75. The molecule has 0 aliphatic rings. The summed E-state index contributed by atoms with van der Waals surface area (Å²) in [7, 11) is 1.85. The fraction of sp³-hybridized carbons (Fsp3) is 0.143. The average Bonchev–Trinajstić information content (AvgIpc) is 3.32. The van der Waals surface area contributed by atoms with Gasteiger partial charge >= 0.3 is 0 Å². The van der Waals surface area contributed by atoms with Crippen LogP contribution in [0.15, 0.2) is 122 Å². The molecule has 0 amide bonds. The Labute approximate surface area is 193 Å². The molecule has 2 nitrogen and oxygen atoms in total. The van der Waals surface area contributed by atoms with Gasteiger partial charge in [-0.1, -0.05) is 108 Å². The van der Waals surface area contributed by atoms with E-state index in [9.17, 15) is 0 Å². The molecule has 164 valence electrons. The van der Waals surface area contributed by atoms with Gasteiger partial charge in [0.25, 0.3) is 0 Å². The highest BCUT2D eigenvalue weighted by Crippen LogP contribution is 2.12. The van der Waals surface area contributed by atoms with Gasteiger partial charge in [-0.2, -0.15) is 0 Å². The van der Waals surface area contributed by atoms with Gasteiger partial charge in [0, 0.05) is 7.05 Å². The lowest BCUT2D eigenvalue weighted by atomic mass is 10.2. The lowest BCUT2D eigenvalue weighted by Crippen LogP contribution is -2.13. The zero-order valence-electron chi connectivity index (χ0n) is 19.2. The SMILES string of the molecule is C=C.CNNc1cccs1.Cc1ccccc1.Cc1ccccc1.Cc1ccccc1. The van der Waals surface area contributed by atoms with E-state index in [1.807, 2.05) is 79.2 Å². The number of hydrogen-bond acceptors (Lipinski definition) is 3. The Bertz CT molecular complexity index is 756. The topological polar surface area (TPSA) is 24.1 Å². The highest BCUT2D eigenvalue weighted by molar-refractivity contribution is 7.14. The predicted molar refractivity (Wildman–Crippen MR) is 142 cm³/mol. The molecule has 0 aliphatic carbocycles. The van der Waals surface area contributed by atoms with E-state index >= 15 is 0 Å². The summed E-state index contributed by atoms with van der Waals surface area (Å²) in [6, 6.07) is 34.8. The second-order valence-electron chi connectivity index (χ2n) is 6.32. The molecule has 1 heterocycles. The number of hydrogen-bond donors (Lipinski definition) is 2. The second-order valence-corrected chi connectivity index (χ2v) is 7.26. The maximum absolute atomic E-state index is 3.00. The molecule has 0 spiro atoms. The molecule has 2 N–H and O–H groups in total. The van der Waals surface area contributed by atoms with Crippen LogP contribution in [0.5, 0.6) is 0 Å². The van der Waals surface area contributed by atoms with E-state index in [2.05, 4.69) is 81.2 Å². The molecule has 0 saturated heterocycles. The van der Waals surface area contributed by atoms with Gasteiger partial charge < -0.3 is 5.43 Å². The Morgan fingerprint density at radius 1 is 0.548 bits per heavy atom. The Morgan fingerprint density at radius 2 is 0.903 bits per heavy atom. The van der Waals surface area contributed by atoms with Crippen molar-refractivity contribution in [1.82, 2.24) is 5.43 Å². The summed E-state index contributed by atoms with van der Waals surface area (Å²) in [4.78, 5) is 0. The minimum Gasteiger partial charge on any atom is -0.313 e. The van der Waals surface area contributed by atoms with E-state index in [-0.39, 0.29) is 0 Å². The third-order valence-corrected chi connectivity index (χ3v) is 4.38. The normalized spacial score (nSPS) is 8.39. The summed E-state index contributed by atoms with van der Waals surface area (Å²) in [6.45, 7) is 12.3. The van der Waals surface area contributed by atoms with E-state index in [0.717, 1.165) is 5.00 Å². The van der Waals surface area contributed by atoms with Gasteiger partial charge in [-0.25, -0.2) is 5.43 Å². The van der Waals surface area contributed by atoms with Crippen molar-refractivity contribution in [2.45, 2.75) is 20.8 Å². The smallest absolute Gasteiger partial charge is 0.102 e. The molecule has 4 aromatic rings. The molecule has 0 saturated carbocycles. The van der Waals surface area contributed by atoms with Gasteiger partial charge in [0.05, 0.1) is 0 Å². The van der Waals surface area contributed by atoms with E-state index < -0.39 is 0 Å². The number of anilines is 1. The molecule has 0 aliphatic heterocycles. The maximum atomic E-state index is 3.00. The quantitative estimate of drug-likeness (QED) is 0.247. The molecule has 3 heteroatoms. The molecule has 0 radical (unpaired) electrons. The zero-order chi connectivity index (χ0) is 23.2. The third-order valence-electron chi connectivity index (χ3n) is 3.59. The first kappa shape index (κ1) is 27.9. The third kappa shape index (κ3) is 17.4. The van der Waals surface area contributed by atoms with Crippen LogP contribution in [0, 0.1) is 20.8 Å². The number of aryl methyl sites for hydroxylation is 3. The first-order valence-electron chi connectivity index (χ1n) is 10.1. The van der Waals surface area contributed by atoms with Crippen molar-refractivity contribution >= 4 is 16.3 Å². The number of hydrazine groups is 1.